The zero-order valence-corrected chi connectivity index (χ0v) is 12.4. The monoisotopic (exact) mass is 296 g/mol. The van der Waals surface area contributed by atoms with E-state index in [-0.39, 0.29) is 12.5 Å². The fourth-order valence-electron chi connectivity index (χ4n) is 2.44. The van der Waals surface area contributed by atoms with Crippen molar-refractivity contribution < 1.29 is 14.7 Å². The number of likely N-dealkylation sites (tertiary alicyclic amines) is 1. The second-order valence-corrected chi connectivity index (χ2v) is 6.58. The van der Waals surface area contributed by atoms with E-state index in [1.807, 2.05) is 19.1 Å². The number of urea groups is 1. The molecular formula is C14H20N2O3S. The number of nitrogens with zero attached hydrogens (tertiary/aromatic N) is 1. The molecule has 6 heteroatoms. The maximum atomic E-state index is 12.0. The molecule has 0 radical (unpaired) electrons. The molecule has 5 nitrogen and oxygen atoms in total. The molecule has 0 bridgehead atoms. The van der Waals surface area contributed by atoms with Crippen LogP contribution >= 0.6 is 11.3 Å². The highest BCUT2D eigenvalue weighted by Crippen LogP contribution is 2.21. The Balaban J connectivity index is 1.72. The number of carbonyl (C=O) groups is 2. The van der Waals surface area contributed by atoms with Crippen LogP contribution in [0.3, 0.4) is 0 Å². The molecule has 1 saturated heterocycles. The Morgan fingerprint density at radius 2 is 2.30 bits per heavy atom. The topological polar surface area (TPSA) is 69.6 Å². The molecule has 1 atom stereocenters. The molecule has 110 valence electrons. The van der Waals surface area contributed by atoms with Crippen molar-refractivity contribution in [1.29, 1.82) is 0 Å². The second-order valence-electron chi connectivity index (χ2n) is 5.20. The summed E-state index contributed by atoms with van der Waals surface area (Å²) < 4.78 is 0. The number of rotatable bonds is 5. The number of carboxylic acids is 1. The summed E-state index contributed by atoms with van der Waals surface area (Å²) in [5.74, 6) is -0.443. The molecule has 1 aliphatic heterocycles. The normalized spacial score (nSPS) is 18.2. The summed E-state index contributed by atoms with van der Waals surface area (Å²) in [6, 6.07) is 4.03. The van der Waals surface area contributed by atoms with E-state index in [1.165, 1.54) is 4.88 Å². The highest BCUT2D eigenvalue weighted by atomic mass is 32.1. The van der Waals surface area contributed by atoms with Gasteiger partial charge in [0.25, 0.3) is 0 Å². The number of aryl methyl sites for hydroxylation is 1. The van der Waals surface area contributed by atoms with Gasteiger partial charge in [-0.05, 0) is 37.8 Å². The number of hydrogen-bond donors (Lipinski definition) is 2. The third-order valence-corrected chi connectivity index (χ3v) is 4.55. The zero-order chi connectivity index (χ0) is 14.5. The lowest BCUT2D eigenvalue weighted by Gasteiger charge is -2.17. The van der Waals surface area contributed by atoms with Crippen molar-refractivity contribution in [1.82, 2.24) is 10.2 Å². The zero-order valence-electron chi connectivity index (χ0n) is 11.6. The van der Waals surface area contributed by atoms with E-state index in [1.54, 1.807) is 16.2 Å². The molecule has 2 amide bonds. The van der Waals surface area contributed by atoms with Crippen molar-refractivity contribution >= 4 is 23.3 Å². The first-order valence-electron chi connectivity index (χ1n) is 6.84. The lowest BCUT2D eigenvalue weighted by molar-refractivity contribution is -0.137. The fraction of sp³-hybridized carbons (Fsp3) is 0.571. The van der Waals surface area contributed by atoms with Crippen molar-refractivity contribution in [3.8, 4) is 0 Å². The molecule has 0 spiro atoms. The lowest BCUT2D eigenvalue weighted by atomic mass is 10.0. The quantitative estimate of drug-likeness (QED) is 0.877. The summed E-state index contributed by atoms with van der Waals surface area (Å²) >= 11 is 1.69. The Morgan fingerprint density at radius 1 is 1.50 bits per heavy atom. The average molecular weight is 296 g/mol. The van der Waals surface area contributed by atoms with Crippen LogP contribution in [0.4, 0.5) is 4.79 Å². The van der Waals surface area contributed by atoms with Crippen molar-refractivity contribution in [2.24, 2.45) is 5.92 Å². The Morgan fingerprint density at radius 3 is 2.95 bits per heavy atom. The van der Waals surface area contributed by atoms with Gasteiger partial charge in [-0.3, -0.25) is 4.79 Å². The van der Waals surface area contributed by atoms with Gasteiger partial charge in [0.15, 0.2) is 0 Å². The van der Waals surface area contributed by atoms with Crippen LogP contribution < -0.4 is 5.32 Å². The molecule has 1 aliphatic rings. The minimum Gasteiger partial charge on any atom is -0.481 e. The molecule has 20 heavy (non-hydrogen) atoms. The molecule has 1 aromatic heterocycles. The first-order chi connectivity index (χ1) is 9.54. The molecule has 1 aromatic rings. The van der Waals surface area contributed by atoms with E-state index in [0.717, 1.165) is 17.8 Å². The summed E-state index contributed by atoms with van der Waals surface area (Å²) in [6.07, 6.45) is 1.75. The molecule has 2 heterocycles. The summed E-state index contributed by atoms with van der Waals surface area (Å²) in [5, 5.41) is 11.6. The number of nitrogens with one attached hydrogen (secondary N) is 1. The van der Waals surface area contributed by atoms with Crippen LogP contribution in [0.2, 0.25) is 0 Å². The number of hydrogen-bond acceptors (Lipinski definition) is 3. The van der Waals surface area contributed by atoms with Crippen LogP contribution in [-0.2, 0) is 11.3 Å². The van der Waals surface area contributed by atoms with Gasteiger partial charge in [0.2, 0.25) is 0 Å². The van der Waals surface area contributed by atoms with Crippen LogP contribution in [0.5, 0.6) is 0 Å². The molecule has 2 N–H and O–H groups in total. The van der Waals surface area contributed by atoms with Gasteiger partial charge in [0, 0.05) is 29.3 Å². The molecule has 1 fully saturated rings. The lowest BCUT2D eigenvalue weighted by Crippen LogP contribution is -2.37. The minimum absolute atomic E-state index is 0.0473. The van der Waals surface area contributed by atoms with Gasteiger partial charge in [0.05, 0.1) is 6.54 Å². The number of aliphatic carboxylic acids is 1. The van der Waals surface area contributed by atoms with Gasteiger partial charge in [-0.25, -0.2) is 4.79 Å². The van der Waals surface area contributed by atoms with Gasteiger partial charge < -0.3 is 15.3 Å². The van der Waals surface area contributed by atoms with Crippen LogP contribution in [-0.4, -0.2) is 35.1 Å². The molecule has 1 unspecified atom stereocenters. The van der Waals surface area contributed by atoms with Crippen molar-refractivity contribution in [3.63, 3.8) is 0 Å². The largest absolute Gasteiger partial charge is 0.481 e. The molecule has 2 rings (SSSR count). The maximum Gasteiger partial charge on any atom is 0.317 e. The maximum absolute atomic E-state index is 12.0. The van der Waals surface area contributed by atoms with Crippen LogP contribution in [0.1, 0.15) is 29.0 Å². The number of thiophene rings is 1. The Kier molecular flexibility index (Phi) is 5.00. The van der Waals surface area contributed by atoms with Crippen molar-refractivity contribution in [2.75, 3.05) is 13.1 Å². The number of amides is 2. The van der Waals surface area contributed by atoms with Crippen molar-refractivity contribution in [2.45, 2.75) is 32.7 Å². The minimum atomic E-state index is -0.763. The third-order valence-electron chi connectivity index (χ3n) is 3.55. The predicted molar refractivity (Wildman–Crippen MR) is 77.8 cm³/mol. The van der Waals surface area contributed by atoms with Gasteiger partial charge in [0.1, 0.15) is 0 Å². The SMILES string of the molecule is Cc1ccc(CNC(=O)N2CCC(CCC(=O)O)C2)s1. The highest BCUT2D eigenvalue weighted by Gasteiger charge is 2.26. The summed E-state index contributed by atoms with van der Waals surface area (Å²) in [4.78, 5) is 26.7. The summed E-state index contributed by atoms with van der Waals surface area (Å²) in [5.41, 5.74) is 0. The first kappa shape index (κ1) is 14.8. The average Bonchev–Trinajstić information content (AvgIpc) is 3.02. The third kappa shape index (κ3) is 4.23. The summed E-state index contributed by atoms with van der Waals surface area (Å²) in [7, 11) is 0. The van der Waals surface area contributed by atoms with Crippen LogP contribution in [0, 0.1) is 12.8 Å². The summed E-state index contributed by atoms with van der Waals surface area (Å²) in [6.45, 7) is 4.00. The number of carboxylic acid groups (broad SMARTS) is 1. The predicted octanol–water partition coefficient (Wildman–Crippen LogP) is 2.45. The first-order valence-corrected chi connectivity index (χ1v) is 7.66. The Labute approximate surface area is 122 Å². The van der Waals surface area contributed by atoms with Gasteiger partial charge >= 0.3 is 12.0 Å². The van der Waals surface area contributed by atoms with E-state index in [0.29, 0.717) is 25.4 Å². The van der Waals surface area contributed by atoms with Crippen molar-refractivity contribution in [3.05, 3.63) is 21.9 Å². The molecule has 0 saturated carbocycles. The fourth-order valence-corrected chi connectivity index (χ4v) is 3.27. The van der Waals surface area contributed by atoms with Gasteiger partial charge in [-0.1, -0.05) is 0 Å². The smallest absolute Gasteiger partial charge is 0.317 e. The Hall–Kier alpha value is -1.56. The van der Waals surface area contributed by atoms with Gasteiger partial charge in [-0.15, -0.1) is 11.3 Å². The van der Waals surface area contributed by atoms with E-state index in [4.69, 9.17) is 5.11 Å². The molecule has 0 aromatic carbocycles. The van der Waals surface area contributed by atoms with E-state index >= 15 is 0 Å². The second kappa shape index (κ2) is 6.74. The van der Waals surface area contributed by atoms with Crippen LogP contribution in [0.25, 0.3) is 0 Å². The van der Waals surface area contributed by atoms with E-state index in [2.05, 4.69) is 5.32 Å². The van der Waals surface area contributed by atoms with Crippen LogP contribution in [0.15, 0.2) is 12.1 Å². The Bertz CT molecular complexity index is 487. The van der Waals surface area contributed by atoms with E-state index < -0.39 is 5.97 Å². The molecule has 0 aliphatic carbocycles. The molecular weight excluding hydrogens is 276 g/mol. The number of carbonyl (C=O) groups excluding carboxylic acids is 1. The standard InChI is InChI=1S/C14H20N2O3S/c1-10-2-4-12(20-10)8-15-14(19)16-7-6-11(9-16)3-5-13(17)18/h2,4,11H,3,5-9H2,1H3,(H,15,19)(H,17,18). The van der Waals surface area contributed by atoms with Gasteiger partial charge in [-0.2, -0.15) is 0 Å². The van der Waals surface area contributed by atoms with E-state index in [9.17, 15) is 9.59 Å². The highest BCUT2D eigenvalue weighted by molar-refractivity contribution is 7.11.